The number of rotatable bonds is 5. The molecule has 2 unspecified atom stereocenters. The minimum absolute atomic E-state index is 0. The van der Waals surface area contributed by atoms with Crippen molar-refractivity contribution in [1.29, 1.82) is 0 Å². The van der Waals surface area contributed by atoms with Gasteiger partial charge in [-0.2, -0.15) is 0 Å². The molecule has 1 aliphatic rings. The molecule has 25 heavy (non-hydrogen) atoms. The SMILES string of the molecule is CC1CCN(C(=O)CCc2ccc(OC(F)(F)F)cc2)C(CN)C1.Cl. The van der Waals surface area contributed by atoms with Gasteiger partial charge in [0.05, 0.1) is 0 Å². The summed E-state index contributed by atoms with van der Waals surface area (Å²) in [6.07, 6.45) is -1.99. The van der Waals surface area contributed by atoms with Crippen LogP contribution in [0.5, 0.6) is 5.75 Å². The first-order valence-corrected chi connectivity index (χ1v) is 8.12. The molecule has 1 saturated heterocycles. The van der Waals surface area contributed by atoms with Crippen LogP contribution in [-0.4, -0.2) is 36.3 Å². The molecule has 2 atom stereocenters. The summed E-state index contributed by atoms with van der Waals surface area (Å²) in [6.45, 7) is 3.34. The molecule has 0 spiro atoms. The Morgan fingerprint density at radius 1 is 1.32 bits per heavy atom. The molecule has 0 radical (unpaired) electrons. The minimum atomic E-state index is -4.69. The molecule has 0 aliphatic carbocycles. The number of halogens is 4. The van der Waals surface area contributed by atoms with Gasteiger partial charge in [-0.3, -0.25) is 4.79 Å². The van der Waals surface area contributed by atoms with Gasteiger partial charge in [0, 0.05) is 25.6 Å². The lowest BCUT2D eigenvalue weighted by molar-refractivity contribution is -0.274. The second-order valence-electron chi connectivity index (χ2n) is 6.30. The van der Waals surface area contributed by atoms with Gasteiger partial charge in [0.1, 0.15) is 5.75 Å². The summed E-state index contributed by atoms with van der Waals surface area (Å²) in [6, 6.07) is 5.71. The summed E-state index contributed by atoms with van der Waals surface area (Å²) in [4.78, 5) is 14.2. The molecule has 0 aromatic heterocycles. The number of alkyl halides is 3. The van der Waals surface area contributed by atoms with Crippen LogP contribution in [0.3, 0.4) is 0 Å². The van der Waals surface area contributed by atoms with Crippen LogP contribution in [0.2, 0.25) is 0 Å². The van der Waals surface area contributed by atoms with Gasteiger partial charge in [-0.15, -0.1) is 25.6 Å². The topological polar surface area (TPSA) is 55.6 Å². The summed E-state index contributed by atoms with van der Waals surface area (Å²) in [5.41, 5.74) is 6.57. The third-order valence-electron chi connectivity index (χ3n) is 4.35. The Labute approximate surface area is 151 Å². The summed E-state index contributed by atoms with van der Waals surface area (Å²) in [5.74, 6) is 0.363. The Balaban J connectivity index is 0.00000312. The summed E-state index contributed by atoms with van der Waals surface area (Å²) >= 11 is 0. The van der Waals surface area contributed by atoms with E-state index in [1.807, 2.05) is 4.90 Å². The van der Waals surface area contributed by atoms with Crippen molar-refractivity contribution in [2.24, 2.45) is 11.7 Å². The molecule has 1 aliphatic heterocycles. The Morgan fingerprint density at radius 3 is 2.52 bits per heavy atom. The van der Waals surface area contributed by atoms with Crippen LogP contribution in [0.1, 0.15) is 31.7 Å². The first-order chi connectivity index (χ1) is 11.3. The predicted molar refractivity (Wildman–Crippen MR) is 91.6 cm³/mol. The number of nitrogens with zero attached hydrogens (tertiary/aromatic N) is 1. The second-order valence-corrected chi connectivity index (χ2v) is 6.30. The normalized spacial score (nSPS) is 20.8. The van der Waals surface area contributed by atoms with Crippen molar-refractivity contribution in [3.8, 4) is 5.75 Å². The molecule has 2 N–H and O–H groups in total. The molecule has 2 rings (SSSR count). The maximum atomic E-state index is 12.4. The monoisotopic (exact) mass is 380 g/mol. The van der Waals surface area contributed by atoms with E-state index in [-0.39, 0.29) is 30.1 Å². The lowest BCUT2D eigenvalue weighted by atomic mass is 9.92. The molecular weight excluding hydrogens is 357 g/mol. The van der Waals surface area contributed by atoms with Gasteiger partial charge >= 0.3 is 6.36 Å². The summed E-state index contributed by atoms with van der Waals surface area (Å²) in [7, 11) is 0. The Bertz CT molecular complexity index is 552. The lowest BCUT2D eigenvalue weighted by Gasteiger charge is -2.38. The molecule has 1 amide bonds. The molecule has 0 saturated carbocycles. The van der Waals surface area contributed by atoms with Crippen LogP contribution in [0, 0.1) is 5.92 Å². The zero-order chi connectivity index (χ0) is 17.7. The van der Waals surface area contributed by atoms with Gasteiger partial charge in [0.2, 0.25) is 5.91 Å². The zero-order valence-electron chi connectivity index (χ0n) is 14.1. The van der Waals surface area contributed by atoms with Crippen molar-refractivity contribution in [1.82, 2.24) is 4.90 Å². The number of carbonyl (C=O) groups excluding carboxylic acids is 1. The predicted octanol–water partition coefficient (Wildman–Crippen LogP) is 3.53. The fraction of sp³-hybridized carbons (Fsp3) is 0.588. The van der Waals surface area contributed by atoms with Gasteiger partial charge in [0.25, 0.3) is 0 Å². The van der Waals surface area contributed by atoms with Crippen LogP contribution in [0.15, 0.2) is 24.3 Å². The lowest BCUT2D eigenvalue weighted by Crippen LogP contribution is -2.49. The second kappa shape index (κ2) is 9.29. The zero-order valence-corrected chi connectivity index (χ0v) is 14.9. The van der Waals surface area contributed by atoms with E-state index in [1.165, 1.54) is 12.1 Å². The molecule has 1 aromatic rings. The quantitative estimate of drug-likeness (QED) is 0.850. The van der Waals surface area contributed by atoms with E-state index < -0.39 is 6.36 Å². The molecular formula is C17H24ClF3N2O2. The highest BCUT2D eigenvalue weighted by atomic mass is 35.5. The smallest absolute Gasteiger partial charge is 0.406 e. The summed E-state index contributed by atoms with van der Waals surface area (Å²) < 4.78 is 40.2. The number of ether oxygens (including phenoxy) is 1. The van der Waals surface area contributed by atoms with E-state index in [4.69, 9.17) is 5.73 Å². The maximum Gasteiger partial charge on any atom is 0.573 e. The van der Waals surface area contributed by atoms with Crippen molar-refractivity contribution in [2.45, 2.75) is 45.0 Å². The van der Waals surface area contributed by atoms with E-state index in [0.29, 0.717) is 25.3 Å². The van der Waals surface area contributed by atoms with Gasteiger partial charge in [-0.05, 0) is 42.9 Å². The number of piperidine rings is 1. The van der Waals surface area contributed by atoms with Gasteiger partial charge in [-0.25, -0.2) is 0 Å². The molecule has 0 bridgehead atoms. The number of benzene rings is 1. The fourth-order valence-corrected chi connectivity index (χ4v) is 3.06. The molecule has 8 heteroatoms. The standard InChI is InChI=1S/C17H23F3N2O2.ClH/c1-12-8-9-22(14(10-12)11-21)16(23)7-4-13-2-5-15(6-3-13)24-17(18,19)20;/h2-3,5-6,12,14H,4,7-11,21H2,1H3;1H. The van der Waals surface area contributed by atoms with Crippen molar-refractivity contribution < 1.29 is 22.7 Å². The van der Waals surface area contributed by atoms with Crippen LogP contribution >= 0.6 is 12.4 Å². The van der Waals surface area contributed by atoms with Crippen molar-refractivity contribution >= 4 is 18.3 Å². The van der Waals surface area contributed by atoms with E-state index in [2.05, 4.69) is 11.7 Å². The highest BCUT2D eigenvalue weighted by Gasteiger charge is 2.31. The molecule has 1 aromatic carbocycles. The van der Waals surface area contributed by atoms with Gasteiger partial charge in [-0.1, -0.05) is 19.1 Å². The van der Waals surface area contributed by atoms with Crippen LogP contribution in [-0.2, 0) is 11.2 Å². The Hall–Kier alpha value is -1.47. The third-order valence-corrected chi connectivity index (χ3v) is 4.35. The maximum absolute atomic E-state index is 12.4. The number of hydrogen-bond donors (Lipinski definition) is 1. The van der Waals surface area contributed by atoms with Crippen LogP contribution in [0.25, 0.3) is 0 Å². The highest BCUT2D eigenvalue weighted by Crippen LogP contribution is 2.24. The van der Waals surface area contributed by atoms with E-state index in [9.17, 15) is 18.0 Å². The largest absolute Gasteiger partial charge is 0.573 e. The molecule has 1 fully saturated rings. The summed E-state index contributed by atoms with van der Waals surface area (Å²) in [5, 5.41) is 0. The first kappa shape index (κ1) is 21.6. The van der Waals surface area contributed by atoms with E-state index in [1.54, 1.807) is 12.1 Å². The molecule has 4 nitrogen and oxygen atoms in total. The fourth-order valence-electron chi connectivity index (χ4n) is 3.06. The van der Waals surface area contributed by atoms with Crippen molar-refractivity contribution in [3.63, 3.8) is 0 Å². The Kier molecular flexibility index (Phi) is 8.02. The first-order valence-electron chi connectivity index (χ1n) is 8.12. The average molecular weight is 381 g/mol. The van der Waals surface area contributed by atoms with Crippen molar-refractivity contribution in [3.05, 3.63) is 29.8 Å². The van der Waals surface area contributed by atoms with Gasteiger partial charge < -0.3 is 15.4 Å². The average Bonchev–Trinajstić information content (AvgIpc) is 2.52. The van der Waals surface area contributed by atoms with Gasteiger partial charge in [0.15, 0.2) is 0 Å². The number of amides is 1. The molecule has 142 valence electrons. The molecule has 1 heterocycles. The van der Waals surface area contributed by atoms with Crippen LogP contribution in [0.4, 0.5) is 13.2 Å². The number of aryl methyl sites for hydroxylation is 1. The number of likely N-dealkylation sites (tertiary alicyclic amines) is 1. The van der Waals surface area contributed by atoms with Crippen LogP contribution < -0.4 is 10.5 Å². The third kappa shape index (κ3) is 6.74. The van der Waals surface area contributed by atoms with E-state index in [0.717, 1.165) is 24.9 Å². The minimum Gasteiger partial charge on any atom is -0.406 e. The van der Waals surface area contributed by atoms with Crippen molar-refractivity contribution in [2.75, 3.05) is 13.1 Å². The highest BCUT2D eigenvalue weighted by molar-refractivity contribution is 5.85. The number of carbonyl (C=O) groups is 1. The van der Waals surface area contributed by atoms with E-state index >= 15 is 0 Å². The number of hydrogen-bond acceptors (Lipinski definition) is 3. The number of nitrogens with two attached hydrogens (primary N) is 1. The Morgan fingerprint density at radius 2 is 1.96 bits per heavy atom.